The lowest BCUT2D eigenvalue weighted by molar-refractivity contribution is 0.113. The number of rotatable bonds is 3. The summed E-state index contributed by atoms with van der Waals surface area (Å²) in [6, 6.07) is 0. The fourth-order valence-electron chi connectivity index (χ4n) is 0.107. The summed E-state index contributed by atoms with van der Waals surface area (Å²) in [7, 11) is 0. The van der Waals surface area contributed by atoms with Crippen molar-refractivity contribution in [1.82, 2.24) is 0 Å². The molecular weight excluding hydrogens is 170 g/mol. The van der Waals surface area contributed by atoms with Crippen molar-refractivity contribution in [2.24, 2.45) is 0 Å². The van der Waals surface area contributed by atoms with Gasteiger partial charge in [0.25, 0.3) is 0 Å². The van der Waals surface area contributed by atoms with Crippen molar-refractivity contribution in [3.8, 4) is 0 Å². The van der Waals surface area contributed by atoms with Crippen molar-refractivity contribution in [1.29, 1.82) is 0 Å². The third kappa shape index (κ3) is 2.40. The van der Waals surface area contributed by atoms with Crippen molar-refractivity contribution >= 4 is 34.8 Å². The van der Waals surface area contributed by atoms with Gasteiger partial charge in [-0.25, -0.2) is 0 Å². The van der Waals surface area contributed by atoms with Gasteiger partial charge in [-0.1, -0.05) is 0 Å². The summed E-state index contributed by atoms with van der Waals surface area (Å²) in [4.78, 5) is 0. The highest BCUT2D eigenvalue weighted by Gasteiger charge is 2.22. The Bertz CT molecular complexity index is 54.0. The summed E-state index contributed by atoms with van der Waals surface area (Å²) >= 11 is 15.9. The SMILES string of the molecule is OC(CCl)(CCl)CCl. The van der Waals surface area contributed by atoms with Crippen LogP contribution in [0.2, 0.25) is 0 Å². The monoisotopic (exact) mass is 176 g/mol. The van der Waals surface area contributed by atoms with E-state index in [0.29, 0.717) is 0 Å². The van der Waals surface area contributed by atoms with Crippen LogP contribution in [0.25, 0.3) is 0 Å². The first-order valence-electron chi connectivity index (χ1n) is 2.09. The average molecular weight is 177 g/mol. The Morgan fingerprint density at radius 1 is 1.00 bits per heavy atom. The number of hydrogen-bond acceptors (Lipinski definition) is 1. The highest BCUT2D eigenvalue weighted by atomic mass is 35.5. The molecule has 0 saturated carbocycles. The number of halogens is 3. The fraction of sp³-hybridized carbons (Fsp3) is 1.00. The summed E-state index contributed by atoms with van der Waals surface area (Å²) in [6.45, 7) is 0. The molecule has 0 aromatic carbocycles. The Morgan fingerprint density at radius 2 is 1.25 bits per heavy atom. The van der Waals surface area contributed by atoms with Gasteiger partial charge in [-0.15, -0.1) is 34.8 Å². The third-order valence-electron chi connectivity index (χ3n) is 0.746. The molecule has 0 atom stereocenters. The smallest absolute Gasteiger partial charge is 0.105 e. The van der Waals surface area contributed by atoms with E-state index in [2.05, 4.69) is 0 Å². The first kappa shape index (κ1) is 8.83. The van der Waals surface area contributed by atoms with Crippen LogP contribution in [0, 0.1) is 0 Å². The molecule has 0 fully saturated rings. The number of alkyl halides is 3. The second-order valence-corrected chi connectivity index (χ2v) is 2.43. The second-order valence-electron chi connectivity index (χ2n) is 1.63. The van der Waals surface area contributed by atoms with Gasteiger partial charge in [0.1, 0.15) is 5.60 Å². The molecule has 0 aliphatic heterocycles. The van der Waals surface area contributed by atoms with Gasteiger partial charge in [0.2, 0.25) is 0 Å². The molecule has 1 nitrogen and oxygen atoms in total. The molecule has 0 rings (SSSR count). The van der Waals surface area contributed by atoms with Crippen molar-refractivity contribution in [2.45, 2.75) is 5.60 Å². The maximum absolute atomic E-state index is 9.04. The Labute approximate surface area is 63.5 Å². The van der Waals surface area contributed by atoms with Crippen LogP contribution in [0.1, 0.15) is 0 Å². The van der Waals surface area contributed by atoms with Crippen LogP contribution in [0.5, 0.6) is 0 Å². The van der Waals surface area contributed by atoms with Crippen molar-refractivity contribution in [3.63, 3.8) is 0 Å². The molecule has 4 heteroatoms. The lowest BCUT2D eigenvalue weighted by Gasteiger charge is -2.17. The van der Waals surface area contributed by atoms with E-state index in [1.54, 1.807) is 0 Å². The van der Waals surface area contributed by atoms with Gasteiger partial charge in [0.05, 0.1) is 17.6 Å². The average Bonchev–Trinajstić information content (AvgIpc) is 1.87. The number of hydrogen-bond donors (Lipinski definition) is 1. The van der Waals surface area contributed by atoms with E-state index in [1.807, 2.05) is 0 Å². The van der Waals surface area contributed by atoms with Gasteiger partial charge in [-0.2, -0.15) is 0 Å². The van der Waals surface area contributed by atoms with Gasteiger partial charge in [0, 0.05) is 0 Å². The fourth-order valence-corrected chi connectivity index (χ4v) is 0.964. The third-order valence-corrected chi connectivity index (χ3v) is 2.24. The van der Waals surface area contributed by atoms with E-state index in [1.165, 1.54) is 0 Å². The Morgan fingerprint density at radius 3 is 1.25 bits per heavy atom. The van der Waals surface area contributed by atoms with E-state index in [-0.39, 0.29) is 17.6 Å². The summed E-state index contributed by atoms with van der Waals surface area (Å²) < 4.78 is 0. The molecule has 0 aromatic rings. The highest BCUT2D eigenvalue weighted by Crippen LogP contribution is 2.10. The van der Waals surface area contributed by atoms with E-state index >= 15 is 0 Å². The van der Waals surface area contributed by atoms with Gasteiger partial charge < -0.3 is 5.11 Å². The molecule has 8 heavy (non-hydrogen) atoms. The summed E-state index contributed by atoms with van der Waals surface area (Å²) in [5, 5.41) is 9.04. The summed E-state index contributed by atoms with van der Waals surface area (Å²) in [6.07, 6.45) is 0. The molecule has 0 aliphatic rings. The lowest BCUT2D eigenvalue weighted by atomic mass is 10.2. The molecule has 0 unspecified atom stereocenters. The molecule has 0 aliphatic carbocycles. The zero-order valence-corrected chi connectivity index (χ0v) is 6.47. The van der Waals surface area contributed by atoms with Gasteiger partial charge in [-0.05, 0) is 0 Å². The van der Waals surface area contributed by atoms with E-state index in [0.717, 1.165) is 0 Å². The van der Waals surface area contributed by atoms with Crippen LogP contribution in [0.15, 0.2) is 0 Å². The number of aliphatic hydroxyl groups is 1. The second kappa shape index (κ2) is 3.78. The van der Waals surface area contributed by atoms with Crippen molar-refractivity contribution in [3.05, 3.63) is 0 Å². The minimum absolute atomic E-state index is 0.0833. The predicted molar refractivity (Wildman–Crippen MR) is 37.1 cm³/mol. The van der Waals surface area contributed by atoms with Crippen molar-refractivity contribution in [2.75, 3.05) is 17.6 Å². The minimum atomic E-state index is -1.08. The molecule has 0 heterocycles. The quantitative estimate of drug-likeness (QED) is 0.647. The maximum Gasteiger partial charge on any atom is 0.105 e. The highest BCUT2D eigenvalue weighted by molar-refractivity contribution is 6.24. The Kier molecular flexibility index (Phi) is 4.17. The standard InChI is InChI=1S/C4H7Cl3O/c5-1-4(8,2-6)3-7/h8H,1-3H2. The topological polar surface area (TPSA) is 20.2 Å². The van der Waals surface area contributed by atoms with Gasteiger partial charge >= 0.3 is 0 Å². The van der Waals surface area contributed by atoms with E-state index < -0.39 is 5.60 Å². The molecular formula is C4H7Cl3O. The van der Waals surface area contributed by atoms with Crippen LogP contribution < -0.4 is 0 Å². The minimum Gasteiger partial charge on any atom is -0.386 e. The van der Waals surface area contributed by atoms with E-state index in [9.17, 15) is 0 Å². The van der Waals surface area contributed by atoms with Crippen LogP contribution in [0.3, 0.4) is 0 Å². The van der Waals surface area contributed by atoms with Gasteiger partial charge in [-0.3, -0.25) is 0 Å². The first-order valence-corrected chi connectivity index (χ1v) is 3.69. The van der Waals surface area contributed by atoms with Crippen LogP contribution in [0.4, 0.5) is 0 Å². The predicted octanol–water partition coefficient (Wildman–Crippen LogP) is 1.43. The zero-order valence-electron chi connectivity index (χ0n) is 4.20. The Hall–Kier alpha value is 0.830. The normalized spacial score (nSPS) is 12.0. The van der Waals surface area contributed by atoms with Crippen molar-refractivity contribution < 1.29 is 5.11 Å². The van der Waals surface area contributed by atoms with Crippen LogP contribution in [-0.4, -0.2) is 28.3 Å². The summed E-state index contributed by atoms with van der Waals surface area (Å²) in [5.41, 5.74) is -1.08. The zero-order chi connectivity index (χ0) is 6.62. The first-order chi connectivity index (χ1) is 3.68. The maximum atomic E-state index is 9.04. The summed E-state index contributed by atoms with van der Waals surface area (Å²) in [5.74, 6) is 0.250. The molecule has 50 valence electrons. The largest absolute Gasteiger partial charge is 0.386 e. The molecule has 0 aromatic heterocycles. The van der Waals surface area contributed by atoms with Gasteiger partial charge in [0.15, 0.2) is 0 Å². The molecule has 0 saturated heterocycles. The molecule has 0 amide bonds. The van der Waals surface area contributed by atoms with Crippen LogP contribution >= 0.6 is 34.8 Å². The van der Waals surface area contributed by atoms with Crippen LogP contribution in [-0.2, 0) is 0 Å². The molecule has 0 radical (unpaired) electrons. The van der Waals surface area contributed by atoms with E-state index in [4.69, 9.17) is 39.9 Å². The Balaban J connectivity index is 3.58. The lowest BCUT2D eigenvalue weighted by Crippen LogP contribution is -2.34. The molecule has 0 bridgehead atoms. The molecule has 0 spiro atoms. The molecule has 1 N–H and O–H groups in total.